The predicted molar refractivity (Wildman–Crippen MR) is 90.2 cm³/mol. The Morgan fingerprint density at radius 1 is 1.35 bits per heavy atom. The van der Waals surface area contributed by atoms with Crippen molar-refractivity contribution < 1.29 is 14.7 Å². The Labute approximate surface area is 141 Å². The summed E-state index contributed by atoms with van der Waals surface area (Å²) in [5.74, 6) is -0.0631. The second-order valence-corrected chi connectivity index (χ2v) is 6.98. The van der Waals surface area contributed by atoms with Crippen molar-refractivity contribution in [1.29, 1.82) is 0 Å². The number of nitrogens with zero attached hydrogens (tertiary/aromatic N) is 2. The zero-order valence-electron chi connectivity index (χ0n) is 13.7. The van der Waals surface area contributed by atoms with Crippen LogP contribution >= 0.6 is 11.3 Å². The van der Waals surface area contributed by atoms with Crippen molar-refractivity contribution in [2.75, 3.05) is 32.7 Å². The van der Waals surface area contributed by atoms with Gasteiger partial charge in [-0.15, -0.1) is 11.3 Å². The number of piperazine rings is 1. The van der Waals surface area contributed by atoms with Gasteiger partial charge in [0.05, 0.1) is 18.6 Å². The zero-order valence-corrected chi connectivity index (χ0v) is 14.5. The summed E-state index contributed by atoms with van der Waals surface area (Å²) in [6, 6.07) is 3.61. The number of β-amino-alcohol motifs (C(OH)–C–C–N with tert-alkyl or cyclic N) is 1. The van der Waals surface area contributed by atoms with Crippen LogP contribution in [-0.2, 0) is 9.59 Å². The molecule has 23 heavy (non-hydrogen) atoms. The molecule has 0 spiro atoms. The van der Waals surface area contributed by atoms with E-state index in [1.54, 1.807) is 18.3 Å². The van der Waals surface area contributed by atoms with Gasteiger partial charge in [-0.2, -0.15) is 0 Å². The SMILES string of the molecule is CC(=O)NC(CC(=O)N1CCN(CC(C)O)CC1)c1cccs1. The lowest BCUT2D eigenvalue weighted by atomic mass is 10.1. The van der Waals surface area contributed by atoms with E-state index in [1.807, 2.05) is 22.4 Å². The summed E-state index contributed by atoms with van der Waals surface area (Å²) < 4.78 is 0. The number of hydrogen-bond acceptors (Lipinski definition) is 5. The van der Waals surface area contributed by atoms with Crippen LogP contribution in [0.3, 0.4) is 0 Å². The first kappa shape index (κ1) is 17.9. The van der Waals surface area contributed by atoms with Crippen LogP contribution in [0.2, 0.25) is 0 Å². The van der Waals surface area contributed by atoms with Crippen molar-refractivity contribution in [1.82, 2.24) is 15.1 Å². The van der Waals surface area contributed by atoms with Crippen LogP contribution in [0.4, 0.5) is 0 Å². The Bertz CT molecular complexity index is 511. The van der Waals surface area contributed by atoms with Crippen LogP contribution in [0.15, 0.2) is 17.5 Å². The number of aliphatic hydroxyl groups excluding tert-OH is 1. The third-order valence-corrected chi connectivity index (χ3v) is 4.88. The van der Waals surface area contributed by atoms with Gasteiger partial charge >= 0.3 is 0 Å². The first-order valence-electron chi connectivity index (χ1n) is 7.94. The Morgan fingerprint density at radius 3 is 2.57 bits per heavy atom. The van der Waals surface area contributed by atoms with Crippen LogP contribution in [0.5, 0.6) is 0 Å². The molecular formula is C16H25N3O3S. The summed E-state index contributed by atoms with van der Waals surface area (Å²) in [5.41, 5.74) is 0. The highest BCUT2D eigenvalue weighted by atomic mass is 32.1. The van der Waals surface area contributed by atoms with E-state index in [0.717, 1.165) is 18.0 Å². The minimum atomic E-state index is -0.347. The average Bonchev–Trinajstić information content (AvgIpc) is 3.00. The quantitative estimate of drug-likeness (QED) is 0.806. The number of nitrogens with one attached hydrogen (secondary N) is 1. The van der Waals surface area contributed by atoms with Crippen LogP contribution in [-0.4, -0.2) is 65.5 Å². The van der Waals surface area contributed by atoms with Crippen molar-refractivity contribution >= 4 is 23.2 Å². The maximum absolute atomic E-state index is 12.5. The molecule has 6 nitrogen and oxygen atoms in total. The highest BCUT2D eigenvalue weighted by Gasteiger charge is 2.25. The first-order chi connectivity index (χ1) is 11.0. The van der Waals surface area contributed by atoms with Gasteiger partial charge in [0.1, 0.15) is 0 Å². The molecule has 0 radical (unpaired) electrons. The minimum Gasteiger partial charge on any atom is -0.392 e. The molecule has 1 saturated heterocycles. The fourth-order valence-corrected chi connectivity index (χ4v) is 3.59. The number of aliphatic hydroxyl groups is 1. The number of rotatable bonds is 6. The molecule has 2 unspecified atom stereocenters. The second kappa shape index (κ2) is 8.42. The molecule has 128 valence electrons. The third-order valence-electron chi connectivity index (χ3n) is 3.89. The van der Waals surface area contributed by atoms with E-state index in [1.165, 1.54) is 6.92 Å². The largest absolute Gasteiger partial charge is 0.392 e. The van der Waals surface area contributed by atoms with Gasteiger partial charge in [0.2, 0.25) is 11.8 Å². The Balaban J connectivity index is 1.88. The van der Waals surface area contributed by atoms with Crippen LogP contribution in [0.25, 0.3) is 0 Å². The summed E-state index contributed by atoms with van der Waals surface area (Å²) >= 11 is 1.55. The number of thiophene rings is 1. The van der Waals surface area contributed by atoms with Crippen molar-refractivity contribution in [2.45, 2.75) is 32.4 Å². The second-order valence-electron chi connectivity index (χ2n) is 6.00. The highest BCUT2D eigenvalue weighted by molar-refractivity contribution is 7.10. The van der Waals surface area contributed by atoms with Crippen LogP contribution < -0.4 is 5.32 Å². The lowest BCUT2D eigenvalue weighted by Crippen LogP contribution is -2.50. The van der Waals surface area contributed by atoms with Gasteiger partial charge in [-0.1, -0.05) is 6.07 Å². The van der Waals surface area contributed by atoms with E-state index in [4.69, 9.17) is 0 Å². The number of carbonyl (C=O) groups excluding carboxylic acids is 2. The molecule has 1 aromatic heterocycles. The van der Waals surface area contributed by atoms with Crippen LogP contribution in [0.1, 0.15) is 31.2 Å². The molecule has 1 aliphatic rings. The number of amides is 2. The molecule has 2 rings (SSSR count). The Kier molecular flexibility index (Phi) is 6.56. The Hall–Kier alpha value is -1.44. The fraction of sp³-hybridized carbons (Fsp3) is 0.625. The summed E-state index contributed by atoms with van der Waals surface area (Å²) in [4.78, 5) is 28.9. The van der Waals surface area contributed by atoms with Gasteiger partial charge < -0.3 is 15.3 Å². The van der Waals surface area contributed by atoms with E-state index in [-0.39, 0.29) is 30.4 Å². The molecule has 0 aromatic carbocycles. The van der Waals surface area contributed by atoms with Gasteiger partial charge in [0.25, 0.3) is 0 Å². The predicted octanol–water partition coefficient (Wildman–Crippen LogP) is 0.840. The Morgan fingerprint density at radius 2 is 2.04 bits per heavy atom. The van der Waals surface area contributed by atoms with E-state index >= 15 is 0 Å². The summed E-state index contributed by atoms with van der Waals surface area (Å²) in [7, 11) is 0. The molecule has 1 fully saturated rings. The maximum Gasteiger partial charge on any atom is 0.225 e. The van der Waals surface area contributed by atoms with Gasteiger partial charge in [-0.05, 0) is 18.4 Å². The minimum absolute atomic E-state index is 0.0637. The van der Waals surface area contributed by atoms with Gasteiger partial charge in [-0.25, -0.2) is 0 Å². The average molecular weight is 339 g/mol. The molecule has 2 atom stereocenters. The molecule has 1 aliphatic heterocycles. The van der Waals surface area contributed by atoms with E-state index in [2.05, 4.69) is 10.2 Å². The molecule has 0 aliphatic carbocycles. The normalized spacial score (nSPS) is 18.5. The van der Waals surface area contributed by atoms with E-state index in [0.29, 0.717) is 19.6 Å². The fourth-order valence-electron chi connectivity index (χ4n) is 2.81. The summed E-state index contributed by atoms with van der Waals surface area (Å²) in [5, 5.41) is 14.2. The molecule has 7 heteroatoms. The van der Waals surface area contributed by atoms with Gasteiger partial charge in [0, 0.05) is 44.5 Å². The monoisotopic (exact) mass is 339 g/mol. The summed E-state index contributed by atoms with van der Waals surface area (Å²) in [6.45, 7) is 6.79. The van der Waals surface area contributed by atoms with E-state index < -0.39 is 0 Å². The number of hydrogen-bond donors (Lipinski definition) is 2. The molecule has 2 heterocycles. The van der Waals surface area contributed by atoms with Gasteiger partial charge in [-0.3, -0.25) is 14.5 Å². The van der Waals surface area contributed by atoms with Gasteiger partial charge in [0.15, 0.2) is 0 Å². The van der Waals surface area contributed by atoms with E-state index in [9.17, 15) is 14.7 Å². The molecule has 0 saturated carbocycles. The molecule has 1 aromatic rings. The molecule has 2 amide bonds. The smallest absolute Gasteiger partial charge is 0.225 e. The molecule has 0 bridgehead atoms. The molecular weight excluding hydrogens is 314 g/mol. The highest BCUT2D eigenvalue weighted by Crippen LogP contribution is 2.23. The third kappa shape index (κ3) is 5.60. The zero-order chi connectivity index (χ0) is 16.8. The van der Waals surface area contributed by atoms with Crippen molar-refractivity contribution in [2.24, 2.45) is 0 Å². The van der Waals surface area contributed by atoms with Crippen molar-refractivity contribution in [3.8, 4) is 0 Å². The maximum atomic E-state index is 12.5. The summed E-state index contributed by atoms with van der Waals surface area (Å²) in [6.07, 6.45) is -0.0588. The molecule has 2 N–H and O–H groups in total. The topological polar surface area (TPSA) is 72.9 Å². The van der Waals surface area contributed by atoms with Crippen molar-refractivity contribution in [3.63, 3.8) is 0 Å². The lowest BCUT2D eigenvalue weighted by molar-refractivity contribution is -0.133. The first-order valence-corrected chi connectivity index (χ1v) is 8.82. The lowest BCUT2D eigenvalue weighted by Gasteiger charge is -2.35. The van der Waals surface area contributed by atoms with Crippen LogP contribution in [0, 0.1) is 0 Å². The number of carbonyl (C=O) groups is 2. The van der Waals surface area contributed by atoms with Crippen molar-refractivity contribution in [3.05, 3.63) is 22.4 Å². The standard InChI is InChI=1S/C16H25N3O3S/c1-12(20)11-18-5-7-19(8-6-18)16(22)10-14(17-13(2)21)15-4-3-9-23-15/h3-4,9,12,14,20H,5-8,10-11H2,1-2H3,(H,17,21).